The molecule has 8 rings (SSSR count). The Hall–Kier alpha value is -5.45. The van der Waals surface area contributed by atoms with Crippen molar-refractivity contribution < 1.29 is 50.6 Å². The summed E-state index contributed by atoms with van der Waals surface area (Å²) in [6.45, 7) is 4.98. The van der Waals surface area contributed by atoms with Gasteiger partial charge in [0, 0.05) is 29.2 Å². The van der Waals surface area contributed by atoms with Crippen molar-refractivity contribution in [3.05, 3.63) is 54.4 Å². The van der Waals surface area contributed by atoms with Crippen LogP contribution in [0.15, 0.2) is 53.0 Å². The number of rotatable bonds is 7. The second-order valence-electron chi connectivity index (χ2n) is 16.9. The lowest BCUT2D eigenvalue weighted by atomic mass is 10.0. The number of nitrogens with zero attached hydrogens (tertiary/aromatic N) is 2. The van der Waals surface area contributed by atoms with Gasteiger partial charge in [-0.2, -0.15) is 0 Å². The van der Waals surface area contributed by atoms with Crippen LogP contribution in [-0.4, -0.2) is 90.3 Å². The fourth-order valence-corrected chi connectivity index (χ4v) is 9.45. The number of pyridine rings is 1. The Morgan fingerprint density at radius 1 is 1.05 bits per heavy atom. The molecule has 0 spiro atoms. The Morgan fingerprint density at radius 2 is 1.85 bits per heavy atom. The van der Waals surface area contributed by atoms with Crippen LogP contribution in [0.3, 0.4) is 0 Å². The molecule has 15 nitrogen and oxygen atoms in total. The van der Waals surface area contributed by atoms with Gasteiger partial charge >= 0.3 is 6.09 Å². The number of nitrogens with one attached hydrogen (secondary N) is 3. The number of para-hydroxylation sites is 1. The van der Waals surface area contributed by atoms with Crippen LogP contribution in [0.1, 0.15) is 78.6 Å². The molecular formula is C42H48FN5O10S. The lowest BCUT2D eigenvalue weighted by Crippen LogP contribution is -2.58. The largest absolute Gasteiger partial charge is 0.497 e. The number of furan rings is 1. The summed E-state index contributed by atoms with van der Waals surface area (Å²) in [5.41, 5.74) is -1.43. The summed E-state index contributed by atoms with van der Waals surface area (Å²) in [4.78, 5) is 62.2. The normalized spacial score (nSPS) is 25.4. The van der Waals surface area contributed by atoms with Crippen LogP contribution in [-0.2, 0) is 29.1 Å². The van der Waals surface area contributed by atoms with Gasteiger partial charge in [-0.25, -0.2) is 22.6 Å². The average molecular weight is 834 g/mol. The molecule has 0 radical (unpaired) electrons. The van der Waals surface area contributed by atoms with Crippen LogP contribution in [0.5, 0.6) is 11.5 Å². The van der Waals surface area contributed by atoms with Crippen molar-refractivity contribution in [1.82, 2.24) is 25.2 Å². The van der Waals surface area contributed by atoms with Crippen LogP contribution < -0.4 is 24.8 Å². The number of fused-ring (bicyclic) bond motifs is 6. The summed E-state index contributed by atoms with van der Waals surface area (Å²) in [5, 5.41) is 5.81. The van der Waals surface area contributed by atoms with Gasteiger partial charge in [-0.3, -0.25) is 19.1 Å². The minimum absolute atomic E-state index is 0.0266. The van der Waals surface area contributed by atoms with Gasteiger partial charge in [0.1, 0.15) is 57.5 Å². The Bertz CT molecular complexity index is 2500. The monoisotopic (exact) mass is 833 g/mol. The van der Waals surface area contributed by atoms with Crippen molar-refractivity contribution >= 4 is 66.8 Å². The van der Waals surface area contributed by atoms with Crippen LogP contribution in [0, 0.1) is 11.7 Å². The van der Waals surface area contributed by atoms with E-state index in [4.69, 9.17) is 18.6 Å². The van der Waals surface area contributed by atoms with Crippen molar-refractivity contribution in [3.8, 4) is 11.5 Å². The van der Waals surface area contributed by atoms with Crippen molar-refractivity contribution in [2.75, 3.05) is 13.7 Å². The van der Waals surface area contributed by atoms with Crippen molar-refractivity contribution in [2.45, 2.75) is 113 Å². The smallest absolute Gasteiger partial charge is 0.408 e. The molecule has 17 heteroatoms. The highest BCUT2D eigenvalue weighted by Gasteiger charge is 2.62. The molecule has 1 saturated heterocycles. The first-order chi connectivity index (χ1) is 28.1. The lowest BCUT2D eigenvalue weighted by Gasteiger charge is -2.30. The number of alkyl carbamates (subject to hydrolysis) is 1. The fourth-order valence-electron chi connectivity index (χ4n) is 8.08. The molecule has 59 heavy (non-hydrogen) atoms. The molecule has 2 aromatic heterocycles. The van der Waals surface area contributed by atoms with Gasteiger partial charge in [0.2, 0.25) is 21.8 Å². The van der Waals surface area contributed by atoms with Crippen LogP contribution in [0.2, 0.25) is 0 Å². The van der Waals surface area contributed by atoms with E-state index < -0.39 is 80.2 Å². The summed E-state index contributed by atoms with van der Waals surface area (Å²) < 4.78 is 67.4. The molecule has 4 heterocycles. The highest BCUT2D eigenvalue weighted by molar-refractivity contribution is 7.91. The molecule has 2 aliphatic carbocycles. The van der Waals surface area contributed by atoms with Crippen LogP contribution in [0.4, 0.5) is 9.18 Å². The number of allylic oxidation sites excluding steroid dienone is 1. The maximum Gasteiger partial charge on any atom is 0.408 e. The number of hydrogen-bond donors (Lipinski definition) is 3. The van der Waals surface area contributed by atoms with E-state index >= 15 is 4.39 Å². The van der Waals surface area contributed by atoms with Gasteiger partial charge in [0.15, 0.2) is 11.3 Å². The van der Waals surface area contributed by atoms with Gasteiger partial charge < -0.3 is 34.2 Å². The Balaban J connectivity index is 1.17. The molecule has 2 aromatic carbocycles. The lowest BCUT2D eigenvalue weighted by molar-refractivity contribution is -0.141. The second kappa shape index (κ2) is 15.3. The first-order valence-corrected chi connectivity index (χ1v) is 21.6. The van der Waals surface area contributed by atoms with Gasteiger partial charge in [-0.15, -0.1) is 0 Å². The predicted molar refractivity (Wildman–Crippen MR) is 215 cm³/mol. The maximum atomic E-state index is 15.4. The average Bonchev–Trinajstić information content (AvgIpc) is 4.08. The number of sulfonamides is 1. The van der Waals surface area contributed by atoms with Gasteiger partial charge in [-0.05, 0) is 83.6 Å². The number of hydrogen-bond acceptors (Lipinski definition) is 11. The summed E-state index contributed by atoms with van der Waals surface area (Å²) in [5.74, 6) is -2.50. The van der Waals surface area contributed by atoms with Gasteiger partial charge in [0.05, 0.1) is 18.9 Å². The van der Waals surface area contributed by atoms with Crippen molar-refractivity contribution in [3.63, 3.8) is 0 Å². The van der Waals surface area contributed by atoms with E-state index in [2.05, 4.69) is 20.3 Å². The van der Waals surface area contributed by atoms with E-state index in [9.17, 15) is 27.6 Å². The third-order valence-corrected chi connectivity index (χ3v) is 13.2. The molecule has 314 valence electrons. The fraction of sp³-hybridized carbons (Fsp3) is 0.500. The van der Waals surface area contributed by atoms with Crippen molar-refractivity contribution in [2.24, 2.45) is 5.92 Å². The molecule has 2 aliphatic heterocycles. The molecule has 2 saturated carbocycles. The molecule has 0 bridgehead atoms. The third kappa shape index (κ3) is 8.13. The molecule has 4 aromatic rings. The van der Waals surface area contributed by atoms with Crippen molar-refractivity contribution in [1.29, 1.82) is 0 Å². The molecule has 3 fully saturated rings. The third-order valence-electron chi connectivity index (χ3n) is 11.4. The van der Waals surface area contributed by atoms with E-state index in [0.717, 1.165) is 12.8 Å². The number of benzene rings is 2. The van der Waals surface area contributed by atoms with E-state index in [-0.39, 0.29) is 42.7 Å². The zero-order valence-corrected chi connectivity index (χ0v) is 34.2. The minimum atomic E-state index is -3.94. The van der Waals surface area contributed by atoms with Gasteiger partial charge in [0.25, 0.3) is 5.91 Å². The molecular weight excluding hydrogens is 786 g/mol. The Morgan fingerprint density at radius 3 is 2.59 bits per heavy atom. The van der Waals surface area contributed by atoms with E-state index in [0.29, 0.717) is 53.3 Å². The molecule has 5 atom stereocenters. The molecule has 4 aliphatic rings. The maximum absolute atomic E-state index is 15.4. The highest BCUT2D eigenvalue weighted by atomic mass is 32.2. The van der Waals surface area contributed by atoms with E-state index in [1.165, 1.54) is 24.1 Å². The topological polar surface area (TPSA) is 195 Å². The number of amides is 4. The predicted octanol–water partition coefficient (Wildman–Crippen LogP) is 5.53. The number of ether oxygens (including phenoxy) is 3. The second-order valence-corrected chi connectivity index (χ2v) is 18.9. The number of halogens is 1. The quantitative estimate of drug-likeness (QED) is 0.198. The molecule has 0 unspecified atom stereocenters. The molecule has 4 amide bonds. The Labute approximate surface area is 340 Å². The zero-order chi connectivity index (χ0) is 41.9. The SMILES string of the molecule is COc1ccc2c(c1)oc1c(O[C@@H]3C[C@H]4C(=O)N[C@]5(C(=O)NS(=O)(=O)C6CC6)C[C@H]5C=CCCCCC[C@H](NC(=O)OC(C)(C)C)C(=O)N4C3)c3cccc(F)c3nc12. The minimum Gasteiger partial charge on any atom is -0.497 e. The summed E-state index contributed by atoms with van der Waals surface area (Å²) >= 11 is 0. The zero-order valence-electron chi connectivity index (χ0n) is 33.3. The number of methoxy groups -OCH3 is 1. The number of carbonyl (C=O) groups excluding carboxylic acids is 4. The van der Waals surface area contributed by atoms with E-state index in [1.54, 1.807) is 45.0 Å². The van der Waals surface area contributed by atoms with Crippen LogP contribution in [0.25, 0.3) is 33.0 Å². The van der Waals surface area contributed by atoms with Crippen LogP contribution >= 0.6 is 0 Å². The highest BCUT2D eigenvalue weighted by Crippen LogP contribution is 2.46. The first kappa shape index (κ1) is 40.3. The number of aromatic nitrogens is 1. The standard InChI is InChI=1S/C42H48FN5O10S/c1-41(2,3)58-40(52)44-30-14-9-7-5-6-8-11-23-21-42(23,39(51)47-59(53,54)26-16-17-26)46-37(49)31-19-25(22-48(31)38(30)50)56-35-28-12-10-13-29(43)33(28)45-34-27-18-15-24(55-4)20-32(27)57-36(34)35/h8,10-13,15,18,20,23,25-26,30-31H,5-7,9,14,16-17,19,21-22H2,1-4H3,(H,44,52)(H,46,49)(H,47,51)/t23-,25-,30+,31+,42-/m1/s1. The van der Waals surface area contributed by atoms with E-state index in [1.807, 2.05) is 12.2 Å². The summed E-state index contributed by atoms with van der Waals surface area (Å²) in [6, 6.07) is 7.29. The Kier molecular flexibility index (Phi) is 10.5. The van der Waals surface area contributed by atoms with Gasteiger partial charge in [-0.1, -0.05) is 31.1 Å². The summed E-state index contributed by atoms with van der Waals surface area (Å²) in [6.07, 6.45) is 6.00. The summed E-state index contributed by atoms with van der Waals surface area (Å²) in [7, 11) is -2.42. The molecule has 3 N–H and O–H groups in total. The number of carbonyl (C=O) groups is 4. The first-order valence-electron chi connectivity index (χ1n) is 20.1.